The SMILES string of the molecule is C=C/C=C\C(=C/C=C)CCCCCC. The summed E-state index contributed by atoms with van der Waals surface area (Å²) in [5.74, 6) is 0. The summed E-state index contributed by atoms with van der Waals surface area (Å²) in [6.07, 6.45) is 16.2. The van der Waals surface area contributed by atoms with Crippen molar-refractivity contribution in [2.45, 2.75) is 39.0 Å². The van der Waals surface area contributed by atoms with Crippen LogP contribution in [0.4, 0.5) is 0 Å². The summed E-state index contributed by atoms with van der Waals surface area (Å²) in [6, 6.07) is 0. The van der Waals surface area contributed by atoms with Gasteiger partial charge in [0, 0.05) is 0 Å². The zero-order valence-corrected chi connectivity index (χ0v) is 9.34. The van der Waals surface area contributed by atoms with E-state index in [2.05, 4.69) is 32.2 Å². The van der Waals surface area contributed by atoms with Gasteiger partial charge in [-0.05, 0) is 18.4 Å². The molecule has 14 heavy (non-hydrogen) atoms. The van der Waals surface area contributed by atoms with Crippen LogP contribution in [0.15, 0.2) is 49.1 Å². The van der Waals surface area contributed by atoms with Crippen molar-refractivity contribution in [3.63, 3.8) is 0 Å². The van der Waals surface area contributed by atoms with Gasteiger partial charge >= 0.3 is 0 Å². The first kappa shape index (κ1) is 13.0. The van der Waals surface area contributed by atoms with E-state index in [9.17, 15) is 0 Å². The Morgan fingerprint density at radius 1 is 1.07 bits per heavy atom. The molecule has 0 spiro atoms. The van der Waals surface area contributed by atoms with Gasteiger partial charge in [0.05, 0.1) is 0 Å². The van der Waals surface area contributed by atoms with Gasteiger partial charge in [-0.15, -0.1) is 0 Å². The third kappa shape index (κ3) is 7.60. The van der Waals surface area contributed by atoms with Crippen LogP contribution in [0, 0.1) is 0 Å². The highest BCUT2D eigenvalue weighted by Crippen LogP contribution is 2.11. The number of allylic oxidation sites excluding steroid dienone is 6. The van der Waals surface area contributed by atoms with Crippen LogP contribution < -0.4 is 0 Å². The molecule has 0 rings (SSSR count). The number of hydrogen-bond acceptors (Lipinski definition) is 0. The molecule has 0 saturated carbocycles. The maximum absolute atomic E-state index is 3.72. The molecule has 0 bridgehead atoms. The maximum Gasteiger partial charge on any atom is -0.0279 e. The van der Waals surface area contributed by atoms with Crippen LogP contribution >= 0.6 is 0 Å². The van der Waals surface area contributed by atoms with E-state index in [-0.39, 0.29) is 0 Å². The molecule has 0 nitrogen and oxygen atoms in total. The molecule has 0 unspecified atom stereocenters. The molecule has 0 heterocycles. The summed E-state index contributed by atoms with van der Waals surface area (Å²) in [4.78, 5) is 0. The minimum atomic E-state index is 1.15. The highest BCUT2D eigenvalue weighted by molar-refractivity contribution is 5.24. The van der Waals surface area contributed by atoms with Gasteiger partial charge in [-0.1, -0.05) is 69.7 Å². The Hall–Kier alpha value is -1.04. The third-order valence-electron chi connectivity index (χ3n) is 2.10. The molecule has 0 aromatic rings. The lowest BCUT2D eigenvalue weighted by molar-refractivity contribution is 0.668. The third-order valence-corrected chi connectivity index (χ3v) is 2.10. The first-order chi connectivity index (χ1) is 6.85. The van der Waals surface area contributed by atoms with Gasteiger partial charge < -0.3 is 0 Å². The fourth-order valence-electron chi connectivity index (χ4n) is 1.32. The Bertz CT molecular complexity index is 206. The van der Waals surface area contributed by atoms with Gasteiger partial charge in [-0.25, -0.2) is 0 Å². The summed E-state index contributed by atoms with van der Waals surface area (Å²) in [5.41, 5.74) is 1.34. The predicted molar refractivity (Wildman–Crippen MR) is 66.4 cm³/mol. The topological polar surface area (TPSA) is 0 Å². The first-order valence-corrected chi connectivity index (χ1v) is 5.45. The van der Waals surface area contributed by atoms with Gasteiger partial charge in [-0.2, -0.15) is 0 Å². The van der Waals surface area contributed by atoms with E-state index in [0.29, 0.717) is 0 Å². The molecule has 0 aromatic heterocycles. The first-order valence-electron chi connectivity index (χ1n) is 5.45. The summed E-state index contributed by atoms with van der Waals surface area (Å²) in [5, 5.41) is 0. The van der Waals surface area contributed by atoms with Crippen LogP contribution in [0.25, 0.3) is 0 Å². The highest BCUT2D eigenvalue weighted by Gasteiger charge is 1.91. The van der Waals surface area contributed by atoms with Crippen LogP contribution in [0.2, 0.25) is 0 Å². The van der Waals surface area contributed by atoms with Crippen LogP contribution in [0.3, 0.4) is 0 Å². The van der Waals surface area contributed by atoms with Gasteiger partial charge in [0.2, 0.25) is 0 Å². The van der Waals surface area contributed by atoms with E-state index in [1.165, 1.54) is 31.3 Å². The maximum atomic E-state index is 3.72. The van der Waals surface area contributed by atoms with Crippen molar-refractivity contribution in [3.8, 4) is 0 Å². The molecular formula is C14H22. The van der Waals surface area contributed by atoms with Crippen molar-refractivity contribution >= 4 is 0 Å². The summed E-state index contributed by atoms with van der Waals surface area (Å²) < 4.78 is 0. The Kier molecular flexibility index (Phi) is 9.30. The van der Waals surface area contributed by atoms with Crippen molar-refractivity contribution in [3.05, 3.63) is 49.1 Å². The second-order valence-corrected chi connectivity index (χ2v) is 3.38. The van der Waals surface area contributed by atoms with Crippen LogP contribution in [0.1, 0.15) is 39.0 Å². The number of rotatable bonds is 8. The van der Waals surface area contributed by atoms with Gasteiger partial charge in [-0.3, -0.25) is 0 Å². The molecule has 0 aliphatic rings. The Labute approximate surface area is 88.7 Å². The van der Waals surface area contributed by atoms with E-state index in [0.717, 1.165) is 6.42 Å². The van der Waals surface area contributed by atoms with Crippen LogP contribution in [-0.4, -0.2) is 0 Å². The monoisotopic (exact) mass is 190 g/mol. The molecule has 0 saturated heterocycles. The molecule has 0 amide bonds. The predicted octanol–water partition coefficient (Wildman–Crippen LogP) is 4.81. The Balaban J connectivity index is 3.85. The average Bonchev–Trinajstić information content (AvgIpc) is 2.20. The van der Waals surface area contributed by atoms with E-state index < -0.39 is 0 Å². The second kappa shape index (κ2) is 10.0. The van der Waals surface area contributed by atoms with Crippen molar-refractivity contribution in [2.24, 2.45) is 0 Å². The van der Waals surface area contributed by atoms with Crippen LogP contribution in [0.5, 0.6) is 0 Å². The smallest absolute Gasteiger partial charge is 0.0279 e. The second-order valence-electron chi connectivity index (χ2n) is 3.38. The molecule has 78 valence electrons. The lowest BCUT2D eigenvalue weighted by Gasteiger charge is -2.00. The Morgan fingerprint density at radius 3 is 2.43 bits per heavy atom. The van der Waals surface area contributed by atoms with E-state index in [1.807, 2.05) is 18.2 Å². The van der Waals surface area contributed by atoms with E-state index >= 15 is 0 Å². The molecule has 0 aromatic carbocycles. The lowest BCUT2D eigenvalue weighted by Crippen LogP contribution is -1.81. The van der Waals surface area contributed by atoms with E-state index in [1.54, 1.807) is 0 Å². The highest BCUT2D eigenvalue weighted by atomic mass is 14.0. The van der Waals surface area contributed by atoms with E-state index in [4.69, 9.17) is 0 Å². The van der Waals surface area contributed by atoms with Gasteiger partial charge in [0.25, 0.3) is 0 Å². The quantitative estimate of drug-likeness (QED) is 0.380. The molecular weight excluding hydrogens is 168 g/mol. The largest absolute Gasteiger partial charge is 0.0991 e. The average molecular weight is 190 g/mol. The lowest BCUT2D eigenvalue weighted by atomic mass is 10.1. The standard InChI is InChI=1S/C14H22/c1-4-7-9-10-13-14(11-6-3)12-8-5-2/h5-6,8,11-12H,2-4,7,9-10,13H2,1H3/b12-8-,14-11+. The van der Waals surface area contributed by atoms with Gasteiger partial charge in [0.1, 0.15) is 0 Å². The number of hydrogen-bond donors (Lipinski definition) is 0. The fraction of sp³-hybridized carbons (Fsp3) is 0.429. The van der Waals surface area contributed by atoms with Gasteiger partial charge in [0.15, 0.2) is 0 Å². The minimum Gasteiger partial charge on any atom is -0.0991 e. The Morgan fingerprint density at radius 2 is 1.86 bits per heavy atom. The summed E-state index contributed by atoms with van der Waals surface area (Å²) in [6.45, 7) is 9.61. The number of unbranched alkanes of at least 4 members (excludes halogenated alkanes) is 3. The molecule has 0 aliphatic carbocycles. The zero-order valence-electron chi connectivity index (χ0n) is 9.34. The summed E-state index contributed by atoms with van der Waals surface area (Å²) in [7, 11) is 0. The molecule has 0 heteroatoms. The fourth-order valence-corrected chi connectivity index (χ4v) is 1.32. The molecule has 0 N–H and O–H groups in total. The van der Waals surface area contributed by atoms with Crippen molar-refractivity contribution in [1.82, 2.24) is 0 Å². The molecule has 0 aliphatic heterocycles. The molecule has 0 radical (unpaired) electrons. The molecule has 0 fully saturated rings. The van der Waals surface area contributed by atoms with Crippen molar-refractivity contribution in [1.29, 1.82) is 0 Å². The zero-order chi connectivity index (χ0) is 10.6. The minimum absolute atomic E-state index is 1.15. The normalized spacial score (nSPS) is 11.9. The van der Waals surface area contributed by atoms with Crippen LogP contribution in [-0.2, 0) is 0 Å². The summed E-state index contributed by atoms with van der Waals surface area (Å²) >= 11 is 0. The van der Waals surface area contributed by atoms with Crippen molar-refractivity contribution in [2.75, 3.05) is 0 Å². The molecule has 0 atom stereocenters. The van der Waals surface area contributed by atoms with Crippen molar-refractivity contribution < 1.29 is 0 Å².